The zero-order chi connectivity index (χ0) is 24.8. The summed E-state index contributed by atoms with van der Waals surface area (Å²) in [6.45, 7) is 0. The summed E-state index contributed by atoms with van der Waals surface area (Å²) in [5.74, 6) is 0.880. The van der Waals surface area contributed by atoms with Crippen LogP contribution in [0.2, 0.25) is 10.0 Å². The van der Waals surface area contributed by atoms with Crippen molar-refractivity contribution in [2.24, 2.45) is 0 Å². The quantitative estimate of drug-likeness (QED) is 0.413. The second kappa shape index (κ2) is 9.80. The van der Waals surface area contributed by atoms with Crippen molar-refractivity contribution in [2.75, 3.05) is 0 Å². The molecule has 0 aliphatic heterocycles. The minimum atomic E-state index is 0.113. The second-order valence-electron chi connectivity index (χ2n) is 10.7. The number of phenols is 2. The van der Waals surface area contributed by atoms with Gasteiger partial charge in [-0.25, -0.2) is 0 Å². The van der Waals surface area contributed by atoms with Gasteiger partial charge in [0, 0.05) is 33.0 Å². The van der Waals surface area contributed by atoms with Crippen LogP contribution in [-0.4, -0.2) is 10.2 Å². The van der Waals surface area contributed by atoms with Gasteiger partial charge in [0.2, 0.25) is 0 Å². The van der Waals surface area contributed by atoms with Gasteiger partial charge in [-0.15, -0.1) is 0 Å². The first kappa shape index (κ1) is 23.9. The summed E-state index contributed by atoms with van der Waals surface area (Å²) >= 11 is 12.8. The van der Waals surface area contributed by atoms with E-state index in [1.807, 2.05) is 12.1 Å². The Morgan fingerprint density at radius 1 is 0.611 bits per heavy atom. The molecule has 4 aliphatic rings. The maximum Gasteiger partial charge on any atom is 0.119 e. The number of phenolic OH excluding ortho intramolecular Hbond substituents is 2. The van der Waals surface area contributed by atoms with E-state index in [0.29, 0.717) is 21.5 Å². The first-order valence-corrected chi connectivity index (χ1v) is 14.1. The lowest BCUT2D eigenvalue weighted by Crippen LogP contribution is -2.09. The maximum absolute atomic E-state index is 10.8. The fourth-order valence-electron chi connectivity index (χ4n) is 6.96. The van der Waals surface area contributed by atoms with Crippen molar-refractivity contribution in [3.63, 3.8) is 0 Å². The van der Waals surface area contributed by atoms with Gasteiger partial charge in [-0.2, -0.15) is 0 Å². The first-order chi connectivity index (χ1) is 17.5. The smallest absolute Gasteiger partial charge is 0.119 e. The van der Waals surface area contributed by atoms with Crippen molar-refractivity contribution in [1.29, 1.82) is 0 Å². The molecule has 4 aliphatic carbocycles. The molecule has 0 amide bonds. The minimum absolute atomic E-state index is 0.113. The van der Waals surface area contributed by atoms with Crippen molar-refractivity contribution < 1.29 is 10.2 Å². The van der Waals surface area contributed by atoms with Gasteiger partial charge in [0.15, 0.2) is 0 Å². The van der Waals surface area contributed by atoms with Crippen molar-refractivity contribution in [3.05, 3.63) is 103 Å². The summed E-state index contributed by atoms with van der Waals surface area (Å²) in [6.07, 6.45) is 16.0. The molecule has 36 heavy (non-hydrogen) atoms. The molecule has 0 saturated heterocycles. The summed E-state index contributed by atoms with van der Waals surface area (Å²) < 4.78 is 0. The fourth-order valence-corrected chi connectivity index (χ4v) is 7.33. The second-order valence-corrected chi connectivity index (χ2v) is 11.6. The van der Waals surface area contributed by atoms with Crippen LogP contribution in [0.25, 0.3) is 0 Å². The SMILES string of the molecule is Oc1ccc(Cl)cc1C1C(CCC2=CC3=C(CCCC3)C2c2cc(Cl)ccc2O)=CC2=C1CCCC2. The minimum Gasteiger partial charge on any atom is -0.508 e. The molecule has 0 aromatic heterocycles. The topological polar surface area (TPSA) is 40.5 Å². The van der Waals surface area contributed by atoms with Gasteiger partial charge < -0.3 is 10.2 Å². The van der Waals surface area contributed by atoms with Gasteiger partial charge in [-0.1, -0.05) is 57.6 Å². The molecular formula is C32H32Cl2O2. The van der Waals surface area contributed by atoms with E-state index >= 15 is 0 Å². The van der Waals surface area contributed by atoms with Crippen molar-refractivity contribution in [2.45, 2.75) is 76.0 Å². The van der Waals surface area contributed by atoms with E-state index in [2.05, 4.69) is 12.2 Å². The number of hydrogen-bond donors (Lipinski definition) is 2. The molecule has 0 bridgehead atoms. The highest BCUT2D eigenvalue weighted by molar-refractivity contribution is 6.31. The Hall–Kier alpha value is -2.42. The highest BCUT2D eigenvalue weighted by Gasteiger charge is 2.35. The van der Waals surface area contributed by atoms with E-state index in [4.69, 9.17) is 23.2 Å². The zero-order valence-corrected chi connectivity index (χ0v) is 22.0. The molecule has 6 rings (SSSR count). The molecule has 4 heteroatoms. The van der Waals surface area contributed by atoms with E-state index in [1.165, 1.54) is 59.1 Å². The molecule has 2 nitrogen and oxygen atoms in total. The molecule has 2 aromatic rings. The molecule has 186 valence electrons. The Labute approximate surface area is 223 Å². The maximum atomic E-state index is 10.8. The number of benzene rings is 2. The Morgan fingerprint density at radius 3 is 1.47 bits per heavy atom. The van der Waals surface area contributed by atoms with Crippen LogP contribution in [0.5, 0.6) is 11.5 Å². The number of allylic oxidation sites excluding steroid dienone is 8. The molecule has 0 fully saturated rings. The van der Waals surface area contributed by atoms with Crippen LogP contribution in [0.15, 0.2) is 82.0 Å². The van der Waals surface area contributed by atoms with Crippen LogP contribution in [-0.2, 0) is 0 Å². The highest BCUT2D eigenvalue weighted by atomic mass is 35.5. The van der Waals surface area contributed by atoms with Crippen molar-refractivity contribution in [1.82, 2.24) is 0 Å². The van der Waals surface area contributed by atoms with Crippen molar-refractivity contribution >= 4 is 23.2 Å². The van der Waals surface area contributed by atoms with E-state index in [9.17, 15) is 10.2 Å². The van der Waals surface area contributed by atoms with Gasteiger partial charge in [0.1, 0.15) is 11.5 Å². The molecule has 0 radical (unpaired) electrons. The van der Waals surface area contributed by atoms with E-state index < -0.39 is 0 Å². The lowest BCUT2D eigenvalue weighted by molar-refractivity contribution is 0.464. The van der Waals surface area contributed by atoms with Crippen LogP contribution >= 0.6 is 23.2 Å². The number of halogens is 2. The van der Waals surface area contributed by atoms with Crippen LogP contribution in [0.3, 0.4) is 0 Å². The average molecular weight is 520 g/mol. The number of hydrogen-bond acceptors (Lipinski definition) is 2. The summed E-state index contributed by atoms with van der Waals surface area (Å²) in [6, 6.07) is 10.9. The van der Waals surface area contributed by atoms with Gasteiger partial charge in [0.25, 0.3) is 0 Å². The normalized spacial score (nSPS) is 23.5. The van der Waals surface area contributed by atoms with Crippen LogP contribution < -0.4 is 0 Å². The number of rotatable bonds is 5. The largest absolute Gasteiger partial charge is 0.508 e. The van der Waals surface area contributed by atoms with Crippen LogP contribution in [0, 0.1) is 0 Å². The zero-order valence-electron chi connectivity index (χ0n) is 20.5. The molecule has 0 saturated carbocycles. The molecular weight excluding hydrogens is 487 g/mol. The third-order valence-electron chi connectivity index (χ3n) is 8.57. The molecule has 2 unspecified atom stereocenters. The first-order valence-electron chi connectivity index (χ1n) is 13.3. The number of aromatic hydroxyl groups is 2. The fraction of sp³-hybridized carbons (Fsp3) is 0.375. The Kier molecular flexibility index (Phi) is 6.52. The third kappa shape index (κ3) is 4.33. The summed E-state index contributed by atoms with van der Waals surface area (Å²) in [5.41, 5.74) is 10.5. The van der Waals surface area contributed by atoms with Gasteiger partial charge in [-0.05, 0) is 112 Å². The summed E-state index contributed by atoms with van der Waals surface area (Å²) in [5, 5.41) is 22.9. The van der Waals surface area contributed by atoms with Crippen LogP contribution in [0.1, 0.15) is 87.2 Å². The molecule has 0 heterocycles. The van der Waals surface area contributed by atoms with E-state index in [-0.39, 0.29) is 11.8 Å². The average Bonchev–Trinajstić information content (AvgIpc) is 3.43. The van der Waals surface area contributed by atoms with Gasteiger partial charge in [-0.3, -0.25) is 0 Å². The lowest BCUT2D eigenvalue weighted by atomic mass is 9.79. The monoisotopic (exact) mass is 518 g/mol. The van der Waals surface area contributed by atoms with E-state index in [0.717, 1.165) is 49.7 Å². The Morgan fingerprint density at radius 2 is 1.03 bits per heavy atom. The van der Waals surface area contributed by atoms with Crippen molar-refractivity contribution in [3.8, 4) is 11.5 Å². The summed E-state index contributed by atoms with van der Waals surface area (Å²) in [7, 11) is 0. The molecule has 2 N–H and O–H groups in total. The standard InChI is InChI=1S/C32H32Cl2O2/c33-23-11-13-29(35)27(17-23)31-21(15-19-5-1-3-7-25(19)31)9-10-22-16-20-6-2-4-8-26(20)32(22)28-18-24(34)12-14-30(28)36/h11-18,31-32,35-36H,1-10H2. The van der Waals surface area contributed by atoms with E-state index in [1.54, 1.807) is 24.3 Å². The van der Waals surface area contributed by atoms with Crippen LogP contribution in [0.4, 0.5) is 0 Å². The Bertz CT molecular complexity index is 1240. The predicted molar refractivity (Wildman–Crippen MR) is 148 cm³/mol. The highest BCUT2D eigenvalue weighted by Crippen LogP contribution is 2.53. The lowest BCUT2D eigenvalue weighted by Gasteiger charge is -2.26. The van der Waals surface area contributed by atoms with Gasteiger partial charge >= 0.3 is 0 Å². The molecule has 2 atom stereocenters. The third-order valence-corrected chi connectivity index (χ3v) is 9.04. The van der Waals surface area contributed by atoms with Gasteiger partial charge in [0.05, 0.1) is 0 Å². The summed E-state index contributed by atoms with van der Waals surface area (Å²) in [4.78, 5) is 0. The molecule has 2 aromatic carbocycles. The predicted octanol–water partition coefficient (Wildman–Crippen LogP) is 9.67. The Balaban J connectivity index is 1.32. The molecule has 0 spiro atoms.